The Bertz CT molecular complexity index is 724. The standard InChI is InChI=1S/C14H19N5O2S/c1-6-21-12(20)11-9(2)15-13-16-14(22-5)17-19(13)10(11)7-8-18(3)4/h7-8H,6H2,1-5H3/b8-7+. The van der Waals surface area contributed by atoms with E-state index in [0.29, 0.717) is 34.5 Å². The lowest BCUT2D eigenvalue weighted by Crippen LogP contribution is -2.14. The highest BCUT2D eigenvalue weighted by atomic mass is 32.2. The Morgan fingerprint density at radius 1 is 1.41 bits per heavy atom. The van der Waals surface area contributed by atoms with Gasteiger partial charge in [-0.05, 0) is 26.2 Å². The third kappa shape index (κ3) is 3.22. The number of ether oxygens (including phenoxy) is 1. The van der Waals surface area contributed by atoms with Crippen LogP contribution in [0.1, 0.15) is 28.7 Å². The van der Waals surface area contributed by atoms with Gasteiger partial charge in [0.15, 0.2) is 0 Å². The first-order chi connectivity index (χ1) is 10.5. The Labute approximate surface area is 133 Å². The zero-order valence-electron chi connectivity index (χ0n) is 13.3. The number of carbonyl (C=O) groups is 1. The molecule has 2 rings (SSSR count). The number of thioether (sulfide) groups is 1. The first kappa shape index (κ1) is 16.3. The van der Waals surface area contributed by atoms with Gasteiger partial charge in [0.25, 0.3) is 5.78 Å². The van der Waals surface area contributed by atoms with Crippen molar-refractivity contribution in [1.29, 1.82) is 0 Å². The number of nitrogens with zero attached hydrogens (tertiary/aromatic N) is 5. The van der Waals surface area contributed by atoms with Crippen LogP contribution in [0.4, 0.5) is 0 Å². The zero-order valence-corrected chi connectivity index (χ0v) is 14.1. The van der Waals surface area contributed by atoms with Gasteiger partial charge in [0, 0.05) is 20.3 Å². The largest absolute Gasteiger partial charge is 0.462 e. The fraction of sp³-hybridized carbons (Fsp3) is 0.429. The molecule has 0 unspecified atom stereocenters. The predicted octanol–water partition coefficient (Wildman–Crippen LogP) is 1.86. The molecule has 8 heteroatoms. The summed E-state index contributed by atoms with van der Waals surface area (Å²) in [6, 6.07) is 0. The van der Waals surface area contributed by atoms with Crippen molar-refractivity contribution < 1.29 is 9.53 Å². The molecule has 2 heterocycles. The third-order valence-electron chi connectivity index (χ3n) is 2.88. The summed E-state index contributed by atoms with van der Waals surface area (Å²) in [5.74, 6) is 0.0577. The van der Waals surface area contributed by atoms with E-state index in [2.05, 4.69) is 15.1 Å². The van der Waals surface area contributed by atoms with Crippen LogP contribution < -0.4 is 0 Å². The number of aryl methyl sites for hydroxylation is 1. The van der Waals surface area contributed by atoms with Gasteiger partial charge in [-0.1, -0.05) is 11.8 Å². The van der Waals surface area contributed by atoms with Crippen LogP contribution in [0.2, 0.25) is 0 Å². The first-order valence-corrected chi connectivity index (χ1v) is 8.03. The molecule has 7 nitrogen and oxygen atoms in total. The fourth-order valence-electron chi connectivity index (χ4n) is 1.93. The number of carbonyl (C=O) groups excluding carboxylic acids is 1. The quantitative estimate of drug-likeness (QED) is 0.615. The van der Waals surface area contributed by atoms with E-state index in [4.69, 9.17) is 4.74 Å². The molecule has 0 amide bonds. The summed E-state index contributed by atoms with van der Waals surface area (Å²) in [7, 11) is 3.81. The average molecular weight is 321 g/mol. The van der Waals surface area contributed by atoms with E-state index < -0.39 is 5.97 Å². The molecule has 0 aliphatic rings. The maximum Gasteiger partial charge on any atom is 0.342 e. The molecular weight excluding hydrogens is 302 g/mol. The molecule has 0 saturated heterocycles. The highest BCUT2D eigenvalue weighted by Crippen LogP contribution is 2.19. The second kappa shape index (κ2) is 6.78. The molecule has 0 aliphatic heterocycles. The fourth-order valence-corrected chi connectivity index (χ4v) is 2.27. The number of fused-ring (bicyclic) bond motifs is 1. The van der Waals surface area contributed by atoms with Crippen molar-refractivity contribution in [3.8, 4) is 0 Å². The van der Waals surface area contributed by atoms with E-state index in [9.17, 15) is 4.79 Å². The van der Waals surface area contributed by atoms with Crippen molar-refractivity contribution in [3.05, 3.63) is 23.2 Å². The molecule has 0 saturated carbocycles. The molecule has 118 valence electrons. The lowest BCUT2D eigenvalue weighted by molar-refractivity contribution is 0.0524. The van der Waals surface area contributed by atoms with Crippen molar-refractivity contribution >= 4 is 29.6 Å². The predicted molar refractivity (Wildman–Crippen MR) is 86.0 cm³/mol. The minimum Gasteiger partial charge on any atom is -0.462 e. The van der Waals surface area contributed by atoms with Gasteiger partial charge < -0.3 is 9.64 Å². The Morgan fingerprint density at radius 3 is 2.73 bits per heavy atom. The minimum atomic E-state index is -0.408. The summed E-state index contributed by atoms with van der Waals surface area (Å²) >= 11 is 1.42. The van der Waals surface area contributed by atoms with E-state index in [1.54, 1.807) is 18.4 Å². The van der Waals surface area contributed by atoms with Gasteiger partial charge in [0.1, 0.15) is 5.56 Å². The van der Waals surface area contributed by atoms with Crippen molar-refractivity contribution in [2.45, 2.75) is 19.0 Å². The van der Waals surface area contributed by atoms with Gasteiger partial charge in [0.2, 0.25) is 5.16 Å². The van der Waals surface area contributed by atoms with Crippen molar-refractivity contribution in [2.75, 3.05) is 27.0 Å². The summed E-state index contributed by atoms with van der Waals surface area (Å²) in [5.41, 5.74) is 1.59. The maximum atomic E-state index is 12.3. The SMILES string of the molecule is CCOC(=O)c1c(C)nc2nc(SC)nn2c1/C=C/N(C)C. The van der Waals surface area contributed by atoms with E-state index in [1.165, 1.54) is 11.8 Å². The summed E-state index contributed by atoms with van der Waals surface area (Å²) in [6.07, 6.45) is 5.55. The minimum absolute atomic E-state index is 0.306. The lowest BCUT2D eigenvalue weighted by atomic mass is 10.1. The van der Waals surface area contributed by atoms with Crippen molar-refractivity contribution in [1.82, 2.24) is 24.5 Å². The molecule has 2 aromatic rings. The van der Waals surface area contributed by atoms with Gasteiger partial charge >= 0.3 is 5.97 Å². The second-order valence-electron chi connectivity index (χ2n) is 4.77. The van der Waals surface area contributed by atoms with Crippen LogP contribution in [-0.2, 0) is 4.74 Å². The van der Waals surface area contributed by atoms with Gasteiger partial charge in [-0.25, -0.2) is 9.78 Å². The molecule has 0 fully saturated rings. The topological polar surface area (TPSA) is 72.6 Å². The van der Waals surface area contributed by atoms with E-state index in [-0.39, 0.29) is 0 Å². The van der Waals surface area contributed by atoms with E-state index in [0.717, 1.165) is 0 Å². The van der Waals surface area contributed by atoms with Crippen LogP contribution in [0.25, 0.3) is 11.9 Å². The lowest BCUT2D eigenvalue weighted by Gasteiger charge is -2.11. The molecule has 22 heavy (non-hydrogen) atoms. The number of rotatable bonds is 5. The highest BCUT2D eigenvalue weighted by Gasteiger charge is 2.21. The zero-order chi connectivity index (χ0) is 16.3. The number of aromatic nitrogens is 4. The molecular formula is C14H19N5O2S. The van der Waals surface area contributed by atoms with Crippen LogP contribution in [0.15, 0.2) is 11.4 Å². The number of hydrogen-bond acceptors (Lipinski definition) is 7. The second-order valence-corrected chi connectivity index (χ2v) is 5.54. The summed E-state index contributed by atoms with van der Waals surface area (Å²) < 4.78 is 6.72. The Morgan fingerprint density at radius 2 is 2.14 bits per heavy atom. The molecule has 0 N–H and O–H groups in total. The summed E-state index contributed by atoms with van der Waals surface area (Å²) in [6.45, 7) is 3.85. The van der Waals surface area contributed by atoms with Crippen LogP contribution in [0.3, 0.4) is 0 Å². The van der Waals surface area contributed by atoms with Crippen LogP contribution in [-0.4, -0.2) is 57.4 Å². The smallest absolute Gasteiger partial charge is 0.342 e. The summed E-state index contributed by atoms with van der Waals surface area (Å²) in [5, 5.41) is 4.99. The van der Waals surface area contributed by atoms with E-state index >= 15 is 0 Å². The molecule has 2 aromatic heterocycles. The van der Waals surface area contributed by atoms with Gasteiger partial charge in [-0.2, -0.15) is 9.50 Å². The molecule has 0 bridgehead atoms. The van der Waals surface area contributed by atoms with Gasteiger partial charge in [0.05, 0.1) is 18.0 Å². The Kier molecular flexibility index (Phi) is 5.02. The van der Waals surface area contributed by atoms with Crippen LogP contribution in [0, 0.1) is 6.92 Å². The van der Waals surface area contributed by atoms with Crippen molar-refractivity contribution in [2.24, 2.45) is 0 Å². The molecule has 0 spiro atoms. The molecule has 0 aliphatic carbocycles. The first-order valence-electron chi connectivity index (χ1n) is 6.81. The normalized spacial score (nSPS) is 11.3. The summed E-state index contributed by atoms with van der Waals surface area (Å²) in [4.78, 5) is 22.8. The van der Waals surface area contributed by atoms with Crippen molar-refractivity contribution in [3.63, 3.8) is 0 Å². The van der Waals surface area contributed by atoms with Gasteiger partial charge in [-0.3, -0.25) is 0 Å². The average Bonchev–Trinajstić information content (AvgIpc) is 2.86. The Hall–Kier alpha value is -2.09. The maximum absolute atomic E-state index is 12.3. The number of esters is 1. The van der Waals surface area contributed by atoms with E-state index in [1.807, 2.05) is 37.5 Å². The highest BCUT2D eigenvalue weighted by molar-refractivity contribution is 7.98. The monoisotopic (exact) mass is 321 g/mol. The molecule has 0 radical (unpaired) electrons. The number of hydrogen-bond donors (Lipinski definition) is 0. The van der Waals surface area contributed by atoms with Crippen LogP contribution >= 0.6 is 11.8 Å². The molecule has 0 atom stereocenters. The Balaban J connectivity index is 2.72. The van der Waals surface area contributed by atoms with Crippen LogP contribution in [0.5, 0.6) is 0 Å². The van der Waals surface area contributed by atoms with Gasteiger partial charge in [-0.15, -0.1) is 5.10 Å². The molecule has 0 aromatic carbocycles. The third-order valence-corrected chi connectivity index (χ3v) is 3.42.